The number of cyclic esters (lactones) is 1. The maximum atomic E-state index is 10.6. The fraction of sp³-hybridized carbons (Fsp3) is 0.708. The fourth-order valence-electron chi connectivity index (χ4n) is 2.92. The Labute approximate surface area is 210 Å². The maximum absolute atomic E-state index is 10.6. The number of methoxy groups -OCH3 is 1. The number of hydrogen-bond donors (Lipinski definition) is 1. The van der Waals surface area contributed by atoms with Gasteiger partial charge in [-0.1, -0.05) is 70.4 Å². The van der Waals surface area contributed by atoms with Gasteiger partial charge in [0.05, 0.1) is 7.11 Å². The molecule has 0 aromatic rings. The van der Waals surface area contributed by atoms with Crippen molar-refractivity contribution in [2.75, 3.05) is 13.7 Å². The van der Waals surface area contributed by atoms with E-state index >= 15 is 0 Å². The van der Waals surface area contributed by atoms with Crippen LogP contribution in [0.4, 0.5) is 0 Å². The number of esters is 2. The Bertz CT molecular complexity index is 542. The Morgan fingerprint density at radius 1 is 0.968 bits per heavy atom. The molecule has 7 heteroatoms. The molecule has 0 bridgehead atoms. The SMILES string of the molecule is CCCCCCCC/C=C\CCCCCCCC(=O)O.COC(=O)C1=[C-]COC1=O.[Na+]. The molecule has 0 aromatic heterocycles. The van der Waals surface area contributed by atoms with Crippen molar-refractivity contribution in [3.8, 4) is 0 Å². The minimum Gasteiger partial charge on any atom is -0.528 e. The van der Waals surface area contributed by atoms with E-state index in [0.717, 1.165) is 12.8 Å². The average molecular weight is 447 g/mol. The number of carbonyl (C=O) groups excluding carboxylic acids is 2. The average Bonchev–Trinajstić information content (AvgIpc) is 3.16. The van der Waals surface area contributed by atoms with E-state index in [0.29, 0.717) is 6.42 Å². The molecular formula is C24H39NaO6. The second-order valence-corrected chi connectivity index (χ2v) is 7.35. The monoisotopic (exact) mass is 446 g/mol. The van der Waals surface area contributed by atoms with Gasteiger partial charge in [-0.15, -0.1) is 6.08 Å². The van der Waals surface area contributed by atoms with Gasteiger partial charge in [0.25, 0.3) is 0 Å². The summed E-state index contributed by atoms with van der Waals surface area (Å²) in [5.41, 5.74) is -0.137. The molecule has 1 heterocycles. The molecular weight excluding hydrogens is 407 g/mol. The third-order valence-corrected chi connectivity index (χ3v) is 4.70. The number of rotatable bonds is 16. The van der Waals surface area contributed by atoms with Gasteiger partial charge in [-0.2, -0.15) is 0 Å². The Morgan fingerprint density at radius 3 is 1.94 bits per heavy atom. The Kier molecular flexibility index (Phi) is 24.4. The number of carbonyl (C=O) groups is 3. The van der Waals surface area contributed by atoms with Crippen molar-refractivity contribution in [1.82, 2.24) is 0 Å². The Balaban J connectivity index is 0. The zero-order chi connectivity index (χ0) is 22.5. The molecule has 6 nitrogen and oxygen atoms in total. The van der Waals surface area contributed by atoms with Gasteiger partial charge in [-0.05, 0) is 37.7 Å². The molecule has 0 fully saturated rings. The van der Waals surface area contributed by atoms with E-state index in [1.54, 1.807) is 0 Å². The van der Waals surface area contributed by atoms with Crippen LogP contribution in [-0.2, 0) is 23.9 Å². The predicted molar refractivity (Wildman–Crippen MR) is 117 cm³/mol. The van der Waals surface area contributed by atoms with E-state index in [-0.39, 0.29) is 41.7 Å². The molecule has 0 saturated carbocycles. The summed E-state index contributed by atoms with van der Waals surface area (Å²) in [5.74, 6) is -2.02. The van der Waals surface area contributed by atoms with E-state index < -0.39 is 17.9 Å². The van der Waals surface area contributed by atoms with Crippen LogP contribution < -0.4 is 29.6 Å². The number of unbranched alkanes of at least 4 members (excludes halogenated alkanes) is 11. The van der Waals surface area contributed by atoms with Crippen LogP contribution >= 0.6 is 0 Å². The molecule has 1 aliphatic rings. The van der Waals surface area contributed by atoms with Crippen LogP contribution in [0.3, 0.4) is 0 Å². The van der Waals surface area contributed by atoms with E-state index in [1.165, 1.54) is 77.7 Å². The first-order valence-corrected chi connectivity index (χ1v) is 11.3. The van der Waals surface area contributed by atoms with Gasteiger partial charge in [-0.3, -0.25) is 4.79 Å². The van der Waals surface area contributed by atoms with Crippen molar-refractivity contribution in [3.05, 3.63) is 23.8 Å². The smallest absolute Gasteiger partial charge is 0.528 e. The topological polar surface area (TPSA) is 89.9 Å². The normalized spacial score (nSPS) is 12.5. The van der Waals surface area contributed by atoms with Gasteiger partial charge in [-0.25, -0.2) is 0 Å². The summed E-state index contributed by atoms with van der Waals surface area (Å²) < 4.78 is 8.67. The van der Waals surface area contributed by atoms with Crippen molar-refractivity contribution in [2.24, 2.45) is 0 Å². The largest absolute Gasteiger partial charge is 1.00 e. The van der Waals surface area contributed by atoms with Gasteiger partial charge in [0.15, 0.2) is 0 Å². The van der Waals surface area contributed by atoms with Gasteiger partial charge in [0, 0.05) is 13.0 Å². The summed E-state index contributed by atoms with van der Waals surface area (Å²) in [4.78, 5) is 31.5. The molecule has 0 atom stereocenters. The van der Waals surface area contributed by atoms with E-state index in [1.807, 2.05) is 0 Å². The van der Waals surface area contributed by atoms with Crippen LogP contribution in [0.1, 0.15) is 96.8 Å². The zero-order valence-electron chi connectivity index (χ0n) is 19.7. The Morgan fingerprint density at radius 2 is 1.48 bits per heavy atom. The number of carboxylic acids is 1. The summed E-state index contributed by atoms with van der Waals surface area (Å²) in [6.07, 6.45) is 23.7. The first-order valence-electron chi connectivity index (χ1n) is 11.3. The van der Waals surface area contributed by atoms with Crippen LogP contribution in [-0.4, -0.2) is 36.7 Å². The summed E-state index contributed by atoms with van der Waals surface area (Å²) >= 11 is 0. The number of carboxylic acid groups (broad SMARTS) is 1. The first-order chi connectivity index (χ1) is 14.5. The number of aliphatic carboxylic acids is 1. The van der Waals surface area contributed by atoms with Gasteiger partial charge < -0.3 is 24.2 Å². The molecule has 0 amide bonds. The minimum atomic E-state index is -0.692. The number of ether oxygens (including phenoxy) is 2. The van der Waals surface area contributed by atoms with Gasteiger partial charge in [0.2, 0.25) is 11.9 Å². The second-order valence-electron chi connectivity index (χ2n) is 7.35. The molecule has 1 rings (SSSR count). The molecule has 0 radical (unpaired) electrons. The molecule has 1 N–H and O–H groups in total. The van der Waals surface area contributed by atoms with Gasteiger partial charge >= 0.3 is 35.5 Å². The molecule has 0 saturated heterocycles. The molecule has 0 aromatic carbocycles. The third kappa shape index (κ3) is 20.5. The molecule has 172 valence electrons. The second kappa shape index (κ2) is 23.6. The van der Waals surface area contributed by atoms with Crippen molar-refractivity contribution in [3.63, 3.8) is 0 Å². The standard InChI is InChI=1S/C18H34O2.C6H5O4.Na/c1-2-3-4-5-6-7-8-9-10-11-12-13-14-15-16-17-18(19)20;1-9-5(7)4-2-3-10-6(4)8;/h9-10H,2-8,11-17H2,1H3,(H,19,20);3H2,1H3;/q;-1;+1/b10-9-;;. The molecule has 0 spiro atoms. The van der Waals surface area contributed by atoms with Crippen LogP contribution in [0, 0.1) is 6.08 Å². The third-order valence-electron chi connectivity index (χ3n) is 4.70. The first kappa shape index (κ1) is 32.1. The fourth-order valence-corrected chi connectivity index (χ4v) is 2.92. The Hall–Kier alpha value is -1.11. The predicted octanol–water partition coefficient (Wildman–Crippen LogP) is 2.56. The quantitative estimate of drug-likeness (QED) is 0.0979. The van der Waals surface area contributed by atoms with Crippen molar-refractivity contribution >= 4 is 17.9 Å². The maximum Gasteiger partial charge on any atom is 1.00 e. The van der Waals surface area contributed by atoms with E-state index in [2.05, 4.69) is 34.6 Å². The molecule has 31 heavy (non-hydrogen) atoms. The summed E-state index contributed by atoms with van der Waals surface area (Å²) in [6, 6.07) is 0. The van der Waals surface area contributed by atoms with Crippen LogP contribution in [0.2, 0.25) is 0 Å². The van der Waals surface area contributed by atoms with Crippen molar-refractivity contribution in [2.45, 2.75) is 96.8 Å². The van der Waals surface area contributed by atoms with E-state index in [4.69, 9.17) is 5.11 Å². The number of hydrogen-bond acceptors (Lipinski definition) is 5. The summed E-state index contributed by atoms with van der Waals surface area (Å²) in [5, 5.41) is 8.51. The van der Waals surface area contributed by atoms with Crippen molar-refractivity contribution < 1.29 is 58.5 Å². The summed E-state index contributed by atoms with van der Waals surface area (Å²) in [7, 11) is 1.20. The van der Waals surface area contributed by atoms with Gasteiger partial charge in [0.1, 0.15) is 0 Å². The molecule has 1 aliphatic heterocycles. The molecule has 0 aliphatic carbocycles. The van der Waals surface area contributed by atoms with E-state index in [9.17, 15) is 14.4 Å². The van der Waals surface area contributed by atoms with Crippen LogP contribution in [0.15, 0.2) is 17.7 Å². The van der Waals surface area contributed by atoms with Crippen molar-refractivity contribution in [1.29, 1.82) is 0 Å². The van der Waals surface area contributed by atoms with Crippen LogP contribution in [0.5, 0.6) is 0 Å². The number of allylic oxidation sites excluding steroid dienone is 2. The molecule has 0 unspecified atom stereocenters. The summed E-state index contributed by atoms with van der Waals surface area (Å²) in [6.45, 7) is 2.30. The van der Waals surface area contributed by atoms with Crippen LogP contribution in [0.25, 0.3) is 0 Å². The minimum absolute atomic E-state index is 0. The zero-order valence-corrected chi connectivity index (χ0v) is 21.7.